The van der Waals surface area contributed by atoms with Crippen molar-refractivity contribution in [3.05, 3.63) is 99.4 Å². The van der Waals surface area contributed by atoms with E-state index in [-0.39, 0.29) is 108 Å². The number of carbonyl (C=O) groups is 9. The highest BCUT2D eigenvalue weighted by Crippen LogP contribution is 2.59. The molecule has 3 aromatic carbocycles. The number of thiophene rings is 1. The fourth-order valence-electron chi connectivity index (χ4n) is 12.4. The first kappa shape index (κ1) is 65.1. The topological polar surface area (TPSA) is 310 Å². The SMILES string of the molecule is CC(C)(C)c1ccc(C[C@H](NC(=O)[C@H](CCC(N)=O)NC(=O)[C@@H]2CC[C@@H]3CCN(CC(F)F)C[C@H](NC(=O)c4cc5cc(C(F)(F)P(=O)(O)O)ccc5s4)C(=O)N32)C(=O)N2CCC(CCNc3cccc4c3CN(C3CCC(=O)NC3=O)C4=O)CC2)cc1. The zero-order valence-electron chi connectivity index (χ0n) is 48.9. The summed E-state index contributed by atoms with van der Waals surface area (Å²) >= 11 is 0.815. The number of fused-ring (bicyclic) bond motifs is 3. The minimum absolute atomic E-state index is 0.0282. The van der Waals surface area contributed by atoms with Crippen LogP contribution in [0.15, 0.2) is 66.7 Å². The highest BCUT2D eigenvalue weighted by Gasteiger charge is 2.51. The molecule has 0 saturated carbocycles. The Morgan fingerprint density at radius 2 is 1.58 bits per heavy atom. The molecule has 0 spiro atoms. The van der Waals surface area contributed by atoms with Gasteiger partial charge in [0, 0.05) is 91.7 Å². The first-order valence-electron chi connectivity index (χ1n) is 29.4. The third-order valence-electron chi connectivity index (χ3n) is 17.3. The van der Waals surface area contributed by atoms with Crippen LogP contribution in [-0.2, 0) is 62.2 Å². The number of benzene rings is 3. The molecule has 5 aliphatic rings. The van der Waals surface area contributed by atoms with Gasteiger partial charge in [-0.05, 0) is 110 Å². The van der Waals surface area contributed by atoms with Gasteiger partial charge >= 0.3 is 13.3 Å². The zero-order chi connectivity index (χ0) is 63.6. The summed E-state index contributed by atoms with van der Waals surface area (Å²) in [5.74, 6) is -5.44. The lowest BCUT2D eigenvalue weighted by Crippen LogP contribution is -2.62. The largest absolute Gasteiger partial charge is 0.399 e. The number of carbonyl (C=O) groups excluding carboxylic acids is 9. The van der Waals surface area contributed by atoms with Crippen LogP contribution >= 0.6 is 18.9 Å². The van der Waals surface area contributed by atoms with Gasteiger partial charge in [0.2, 0.25) is 41.4 Å². The summed E-state index contributed by atoms with van der Waals surface area (Å²) in [7, 11) is -5.94. The molecule has 474 valence electrons. The van der Waals surface area contributed by atoms with E-state index < -0.39 is 110 Å². The molecule has 0 aliphatic carbocycles. The van der Waals surface area contributed by atoms with Crippen LogP contribution in [0.5, 0.6) is 0 Å². The average Bonchev–Trinajstić information content (AvgIpc) is 1.73. The molecule has 6 heterocycles. The number of hydrogen-bond acceptors (Lipinski definition) is 13. The molecule has 9 amide bonds. The number of nitrogens with zero attached hydrogens (tertiary/aromatic N) is 4. The van der Waals surface area contributed by atoms with E-state index in [1.54, 1.807) is 17.0 Å². The number of rotatable bonds is 21. The molecule has 9 N–H and O–H groups in total. The Balaban J connectivity index is 0.875. The molecule has 9 rings (SSSR count). The van der Waals surface area contributed by atoms with Crippen LogP contribution in [0.2, 0.25) is 0 Å². The van der Waals surface area contributed by atoms with Gasteiger partial charge in [-0.1, -0.05) is 57.2 Å². The second kappa shape index (κ2) is 26.8. The van der Waals surface area contributed by atoms with E-state index in [1.165, 1.54) is 20.8 Å². The number of alkyl halides is 4. The Bertz CT molecular complexity index is 3410. The van der Waals surface area contributed by atoms with Gasteiger partial charge in [0.05, 0.1) is 11.4 Å². The van der Waals surface area contributed by atoms with Crippen molar-refractivity contribution >= 4 is 87.9 Å². The predicted molar refractivity (Wildman–Crippen MR) is 316 cm³/mol. The van der Waals surface area contributed by atoms with Crippen molar-refractivity contribution < 1.29 is 75.1 Å². The molecule has 1 unspecified atom stereocenters. The van der Waals surface area contributed by atoms with Crippen LogP contribution in [0.1, 0.15) is 127 Å². The number of imide groups is 1. The Morgan fingerprint density at radius 1 is 0.864 bits per heavy atom. The number of piperidine rings is 2. The summed E-state index contributed by atoms with van der Waals surface area (Å²) in [6.07, 6.45) is -0.621. The summed E-state index contributed by atoms with van der Waals surface area (Å²) in [4.78, 5) is 147. The number of hydrogen-bond donors (Lipinski definition) is 8. The maximum Gasteiger partial charge on any atom is 0.399 e. The molecule has 6 atom stereocenters. The minimum Gasteiger partial charge on any atom is -0.385 e. The highest BCUT2D eigenvalue weighted by atomic mass is 32.1. The van der Waals surface area contributed by atoms with Crippen molar-refractivity contribution in [2.75, 3.05) is 44.6 Å². The van der Waals surface area contributed by atoms with Crippen LogP contribution in [0, 0.1) is 5.92 Å². The first-order chi connectivity index (χ1) is 41.6. The normalized spacial score (nSPS) is 21.3. The number of halogens is 4. The van der Waals surface area contributed by atoms with Gasteiger partial charge in [0.15, 0.2) is 0 Å². The lowest BCUT2D eigenvalue weighted by atomic mass is 9.86. The van der Waals surface area contributed by atoms with Crippen molar-refractivity contribution in [1.29, 1.82) is 0 Å². The lowest BCUT2D eigenvalue weighted by molar-refractivity contribution is -0.144. The van der Waals surface area contributed by atoms with Gasteiger partial charge in [-0.25, -0.2) is 8.78 Å². The second-order valence-electron chi connectivity index (χ2n) is 24.4. The van der Waals surface area contributed by atoms with E-state index in [0.29, 0.717) is 38.0 Å². The molecule has 88 heavy (non-hydrogen) atoms. The van der Waals surface area contributed by atoms with E-state index in [4.69, 9.17) is 5.73 Å². The van der Waals surface area contributed by atoms with Crippen molar-refractivity contribution in [1.82, 2.24) is 40.9 Å². The summed E-state index contributed by atoms with van der Waals surface area (Å²) in [5.41, 5.74) is 3.62. The minimum atomic E-state index is -5.94. The van der Waals surface area contributed by atoms with E-state index in [2.05, 4.69) is 47.4 Å². The van der Waals surface area contributed by atoms with E-state index in [1.807, 2.05) is 30.3 Å². The van der Waals surface area contributed by atoms with Crippen molar-refractivity contribution in [2.24, 2.45) is 11.7 Å². The average molecular weight is 1270 g/mol. The predicted octanol–water partition coefficient (Wildman–Crippen LogP) is 4.83. The van der Waals surface area contributed by atoms with E-state index >= 15 is 0 Å². The number of likely N-dealkylation sites (tertiary alicyclic amines) is 1. The number of nitrogens with two attached hydrogens (primary N) is 1. The summed E-state index contributed by atoms with van der Waals surface area (Å²) in [6.45, 7) is 6.52. The molecule has 22 nitrogen and oxygen atoms in total. The van der Waals surface area contributed by atoms with Gasteiger partial charge in [-0.3, -0.25) is 57.9 Å². The molecule has 1 aromatic heterocycles. The van der Waals surface area contributed by atoms with Crippen LogP contribution in [0.4, 0.5) is 23.2 Å². The van der Waals surface area contributed by atoms with Gasteiger partial charge in [-0.2, -0.15) is 8.78 Å². The highest BCUT2D eigenvalue weighted by molar-refractivity contribution is 7.52. The molecular weight excluding hydrogens is 1190 g/mol. The Morgan fingerprint density at radius 3 is 2.25 bits per heavy atom. The van der Waals surface area contributed by atoms with Crippen LogP contribution in [0.3, 0.4) is 0 Å². The maximum atomic E-state index is 14.8. The standard InChI is InChI=1S/C60H73F4N10O12PS/c1-59(2,3)36-9-7-34(8-10-36)27-43(57(82)72-25-20-33(21-26-72)19-23-66-41-6-4-5-39-40(41)30-73(56(39)81)45-15-18-51(76)70-53(45)78)68-52(77)42(13-17-50(65)75)67-54(79)46-14-12-38-22-24-71(32-49(61)62)31-44(58(83)74(38)46)69-55(80)48-29-35-28-37(11-16-47(35)88-48)60(63,64)87(84,85)86/h4-11,16,28-29,33,38,42-46,49,66H,12-15,17-27,30-32H2,1-3H3,(H2,65,75)(H,67,79)(H,68,77)(H,69,80)(H,70,76,78)(H2,84,85,86)/t38-,42+,43+,44+,45?,46+/m1/s1. The van der Waals surface area contributed by atoms with Crippen LogP contribution < -0.4 is 32.3 Å². The summed E-state index contributed by atoms with van der Waals surface area (Å²) in [6, 6.07) is 10.1. The molecule has 4 fully saturated rings. The third-order valence-corrected chi connectivity index (χ3v) is 19.4. The quantitative estimate of drug-likeness (QED) is 0.0315. The smallest absolute Gasteiger partial charge is 0.385 e. The Hall–Kier alpha value is -7.32. The van der Waals surface area contributed by atoms with Crippen LogP contribution in [-0.4, -0.2) is 164 Å². The summed E-state index contributed by atoms with van der Waals surface area (Å²) in [5, 5.41) is 14.0. The molecule has 0 radical (unpaired) electrons. The number of nitrogens with one attached hydrogen (secondary N) is 5. The number of primary amides is 1. The molecular formula is C60H73F4N10O12PS. The Labute approximate surface area is 509 Å². The molecule has 0 bridgehead atoms. The fraction of sp³-hybridized carbons (Fsp3) is 0.517. The molecule has 5 aliphatic heterocycles. The molecule has 4 saturated heterocycles. The van der Waals surface area contributed by atoms with Gasteiger partial charge < -0.3 is 51.5 Å². The van der Waals surface area contributed by atoms with Crippen molar-refractivity contribution in [3.8, 4) is 0 Å². The molecule has 4 aromatic rings. The van der Waals surface area contributed by atoms with Crippen LogP contribution in [0.25, 0.3) is 10.1 Å². The van der Waals surface area contributed by atoms with E-state index in [0.717, 1.165) is 58.3 Å². The second-order valence-corrected chi connectivity index (χ2v) is 27.1. The maximum absolute atomic E-state index is 14.8. The van der Waals surface area contributed by atoms with Crippen molar-refractivity contribution in [3.63, 3.8) is 0 Å². The fourth-order valence-corrected chi connectivity index (χ4v) is 13.8. The van der Waals surface area contributed by atoms with Crippen molar-refractivity contribution in [2.45, 2.75) is 152 Å². The molecule has 28 heteroatoms. The monoisotopic (exact) mass is 1260 g/mol. The lowest BCUT2D eigenvalue weighted by Gasteiger charge is -2.39. The third kappa shape index (κ3) is 14.9. The number of amides is 9. The number of anilines is 1. The zero-order valence-corrected chi connectivity index (χ0v) is 50.6. The first-order valence-corrected chi connectivity index (χ1v) is 31.9. The van der Waals surface area contributed by atoms with E-state index in [9.17, 15) is 75.1 Å². The Kier molecular flexibility index (Phi) is 19.8. The van der Waals surface area contributed by atoms with Gasteiger partial charge in [-0.15, -0.1) is 11.3 Å². The van der Waals surface area contributed by atoms with Gasteiger partial charge in [0.25, 0.3) is 18.2 Å². The summed E-state index contributed by atoms with van der Waals surface area (Å²) < 4.78 is 69.0. The van der Waals surface area contributed by atoms with Gasteiger partial charge in [0.1, 0.15) is 30.2 Å².